The fourth-order valence-electron chi connectivity index (χ4n) is 3.39. The first-order valence-electron chi connectivity index (χ1n) is 8.39. The predicted octanol–water partition coefficient (Wildman–Crippen LogP) is 4.42. The van der Waals surface area contributed by atoms with E-state index in [0.29, 0.717) is 6.54 Å². The second-order valence-corrected chi connectivity index (χ2v) is 8.21. The number of para-hydroxylation sites is 1. The molecule has 4 rings (SSSR count). The second-order valence-electron chi connectivity index (χ2n) is 6.23. The number of nitrogens with zero attached hydrogens (tertiary/aromatic N) is 2. The van der Waals surface area contributed by atoms with Crippen molar-refractivity contribution >= 4 is 34.3 Å². The zero-order valence-corrected chi connectivity index (χ0v) is 15.7. The minimum Gasteiger partial charge on any atom is -0.314 e. The van der Waals surface area contributed by atoms with E-state index in [-0.39, 0.29) is 11.9 Å². The number of hydrogen-bond donors (Lipinski definition) is 0. The summed E-state index contributed by atoms with van der Waals surface area (Å²) in [7, 11) is 1.86. The van der Waals surface area contributed by atoms with Crippen molar-refractivity contribution in [3.05, 3.63) is 74.6 Å². The largest absolute Gasteiger partial charge is 0.314 e. The Balaban J connectivity index is 1.58. The average Bonchev–Trinajstić information content (AvgIpc) is 3.33. The van der Waals surface area contributed by atoms with E-state index in [1.807, 2.05) is 48.7 Å². The Hall–Kier alpha value is -1.95. The molecule has 1 aromatic carbocycles. The van der Waals surface area contributed by atoms with Crippen LogP contribution in [0.3, 0.4) is 0 Å². The van der Waals surface area contributed by atoms with Crippen LogP contribution in [0.1, 0.15) is 21.4 Å². The van der Waals surface area contributed by atoms with Crippen molar-refractivity contribution in [1.29, 1.82) is 0 Å². The standard InChI is InChI=1S/C20H20N2OS2/c1-21(15-6-3-2-4-7-15)19(23)14-22-11-9-17-16(10-13-25-17)20(22)18-8-5-12-24-18/h2-8,10,12-13,20H,9,11,14H2,1H3/t20-/m0/s1. The normalized spacial score (nSPS) is 17.2. The number of amides is 1. The number of benzene rings is 1. The highest BCUT2D eigenvalue weighted by Crippen LogP contribution is 2.39. The summed E-state index contributed by atoms with van der Waals surface area (Å²) in [6.07, 6.45) is 1.03. The Morgan fingerprint density at radius 2 is 1.96 bits per heavy atom. The summed E-state index contributed by atoms with van der Waals surface area (Å²) in [6.45, 7) is 1.35. The van der Waals surface area contributed by atoms with E-state index in [4.69, 9.17) is 0 Å². The Bertz CT molecular complexity index is 842. The van der Waals surface area contributed by atoms with Gasteiger partial charge in [-0.1, -0.05) is 24.3 Å². The van der Waals surface area contributed by atoms with Gasteiger partial charge >= 0.3 is 0 Å². The van der Waals surface area contributed by atoms with Crippen LogP contribution in [0, 0.1) is 0 Å². The number of hydrogen-bond acceptors (Lipinski definition) is 4. The summed E-state index contributed by atoms with van der Waals surface area (Å²) in [6, 6.07) is 16.5. The Kier molecular flexibility index (Phi) is 4.70. The van der Waals surface area contributed by atoms with Crippen LogP contribution in [0.4, 0.5) is 5.69 Å². The highest BCUT2D eigenvalue weighted by atomic mass is 32.1. The van der Waals surface area contributed by atoms with Crippen LogP contribution in [0.15, 0.2) is 59.3 Å². The minimum atomic E-state index is 0.131. The van der Waals surface area contributed by atoms with Crippen molar-refractivity contribution in [1.82, 2.24) is 4.90 Å². The molecular formula is C20H20N2OS2. The predicted molar refractivity (Wildman–Crippen MR) is 106 cm³/mol. The van der Waals surface area contributed by atoms with Gasteiger partial charge in [0.15, 0.2) is 0 Å². The van der Waals surface area contributed by atoms with Crippen LogP contribution < -0.4 is 4.90 Å². The summed E-state index contributed by atoms with van der Waals surface area (Å²) in [5.41, 5.74) is 2.31. The van der Waals surface area contributed by atoms with Crippen molar-refractivity contribution in [3.8, 4) is 0 Å². The third-order valence-electron chi connectivity index (χ3n) is 4.73. The quantitative estimate of drug-likeness (QED) is 0.681. The summed E-state index contributed by atoms with van der Waals surface area (Å²) >= 11 is 3.60. The molecule has 1 atom stereocenters. The molecule has 1 aliphatic heterocycles. The Morgan fingerprint density at radius 3 is 2.72 bits per heavy atom. The number of carbonyl (C=O) groups is 1. The number of fused-ring (bicyclic) bond motifs is 1. The average molecular weight is 369 g/mol. The molecule has 25 heavy (non-hydrogen) atoms. The van der Waals surface area contributed by atoms with Gasteiger partial charge in [-0.05, 0) is 47.0 Å². The molecule has 3 nitrogen and oxygen atoms in total. The summed E-state index contributed by atoms with van der Waals surface area (Å²) < 4.78 is 0. The number of likely N-dealkylation sites (N-methyl/N-ethyl adjacent to an activating group) is 1. The molecule has 0 unspecified atom stereocenters. The van der Waals surface area contributed by atoms with Crippen LogP contribution in [0.2, 0.25) is 0 Å². The maximum absolute atomic E-state index is 12.9. The SMILES string of the molecule is CN(C(=O)CN1CCc2sccc2[C@H]1c1cccs1)c1ccccc1. The van der Waals surface area contributed by atoms with Gasteiger partial charge in [-0.15, -0.1) is 22.7 Å². The lowest BCUT2D eigenvalue weighted by Gasteiger charge is -2.35. The van der Waals surface area contributed by atoms with E-state index < -0.39 is 0 Å². The van der Waals surface area contributed by atoms with Gasteiger partial charge in [0, 0.05) is 29.0 Å². The lowest BCUT2D eigenvalue weighted by atomic mass is 9.98. The molecule has 3 aromatic rings. The van der Waals surface area contributed by atoms with Crippen LogP contribution >= 0.6 is 22.7 Å². The lowest BCUT2D eigenvalue weighted by molar-refractivity contribution is -0.119. The van der Waals surface area contributed by atoms with Gasteiger partial charge in [0.2, 0.25) is 5.91 Å². The van der Waals surface area contributed by atoms with Gasteiger partial charge in [-0.3, -0.25) is 9.69 Å². The molecule has 0 aliphatic carbocycles. The lowest BCUT2D eigenvalue weighted by Crippen LogP contribution is -2.43. The molecule has 0 saturated carbocycles. The van der Waals surface area contributed by atoms with Gasteiger partial charge in [-0.2, -0.15) is 0 Å². The van der Waals surface area contributed by atoms with Gasteiger partial charge in [0.1, 0.15) is 0 Å². The van der Waals surface area contributed by atoms with Crippen molar-refractivity contribution in [2.24, 2.45) is 0 Å². The van der Waals surface area contributed by atoms with Crippen molar-refractivity contribution < 1.29 is 4.79 Å². The molecule has 1 amide bonds. The highest BCUT2D eigenvalue weighted by Gasteiger charge is 2.32. The fraction of sp³-hybridized carbons (Fsp3) is 0.250. The topological polar surface area (TPSA) is 23.6 Å². The van der Waals surface area contributed by atoms with Gasteiger partial charge in [0.05, 0.1) is 12.6 Å². The monoisotopic (exact) mass is 368 g/mol. The van der Waals surface area contributed by atoms with Crippen LogP contribution in [0.25, 0.3) is 0 Å². The fourth-order valence-corrected chi connectivity index (χ4v) is 5.17. The van der Waals surface area contributed by atoms with E-state index in [9.17, 15) is 4.79 Å². The Labute approximate surface area is 156 Å². The van der Waals surface area contributed by atoms with Gasteiger partial charge in [-0.25, -0.2) is 0 Å². The third-order valence-corrected chi connectivity index (χ3v) is 6.66. The van der Waals surface area contributed by atoms with E-state index in [0.717, 1.165) is 18.7 Å². The number of rotatable bonds is 4. The first-order chi connectivity index (χ1) is 12.2. The molecule has 0 spiro atoms. The molecule has 2 aromatic heterocycles. The molecule has 0 radical (unpaired) electrons. The molecule has 0 saturated heterocycles. The molecule has 0 N–H and O–H groups in total. The summed E-state index contributed by atoms with van der Waals surface area (Å²) in [4.78, 5) is 19.7. The molecule has 0 bridgehead atoms. The van der Waals surface area contributed by atoms with E-state index in [1.54, 1.807) is 16.2 Å². The molecule has 3 heterocycles. The molecule has 128 valence electrons. The molecule has 0 fully saturated rings. The van der Waals surface area contributed by atoms with Crippen LogP contribution in [0.5, 0.6) is 0 Å². The smallest absolute Gasteiger partial charge is 0.240 e. The van der Waals surface area contributed by atoms with Crippen molar-refractivity contribution in [3.63, 3.8) is 0 Å². The van der Waals surface area contributed by atoms with E-state index in [1.165, 1.54) is 15.3 Å². The first kappa shape index (κ1) is 16.5. The zero-order chi connectivity index (χ0) is 17.2. The third kappa shape index (κ3) is 3.27. The second kappa shape index (κ2) is 7.12. The summed E-state index contributed by atoms with van der Waals surface area (Å²) in [5, 5.41) is 4.29. The minimum absolute atomic E-state index is 0.131. The molecular weight excluding hydrogens is 348 g/mol. The van der Waals surface area contributed by atoms with E-state index >= 15 is 0 Å². The zero-order valence-electron chi connectivity index (χ0n) is 14.1. The Morgan fingerprint density at radius 1 is 1.12 bits per heavy atom. The van der Waals surface area contributed by atoms with Gasteiger partial charge in [0.25, 0.3) is 0 Å². The highest BCUT2D eigenvalue weighted by molar-refractivity contribution is 7.10. The molecule has 5 heteroatoms. The van der Waals surface area contributed by atoms with Crippen LogP contribution in [-0.2, 0) is 11.2 Å². The van der Waals surface area contributed by atoms with Gasteiger partial charge < -0.3 is 4.90 Å². The van der Waals surface area contributed by atoms with Crippen molar-refractivity contribution in [2.45, 2.75) is 12.5 Å². The van der Waals surface area contributed by atoms with E-state index in [2.05, 4.69) is 33.9 Å². The number of thiophene rings is 2. The molecule has 1 aliphatic rings. The maximum atomic E-state index is 12.9. The number of carbonyl (C=O) groups excluding carboxylic acids is 1. The number of anilines is 1. The summed E-state index contributed by atoms with van der Waals surface area (Å²) in [5.74, 6) is 0.131. The maximum Gasteiger partial charge on any atom is 0.240 e. The van der Waals surface area contributed by atoms with Crippen molar-refractivity contribution in [2.75, 3.05) is 25.0 Å². The van der Waals surface area contributed by atoms with Crippen LogP contribution in [-0.4, -0.2) is 30.9 Å². The first-order valence-corrected chi connectivity index (χ1v) is 10.2.